The normalized spacial score (nSPS) is 22.2. The number of benzene rings is 2. The molecule has 10 heteroatoms. The summed E-state index contributed by atoms with van der Waals surface area (Å²) in [6.45, 7) is 3.44. The van der Waals surface area contributed by atoms with Crippen molar-refractivity contribution < 1.29 is 23.9 Å². The summed E-state index contributed by atoms with van der Waals surface area (Å²) in [6, 6.07) is 14.6. The molecule has 2 heterocycles. The molecule has 0 radical (unpaired) electrons. The molecule has 2 aromatic rings. The summed E-state index contributed by atoms with van der Waals surface area (Å²) in [5.41, 5.74) is 1.23. The molecule has 42 heavy (non-hydrogen) atoms. The third kappa shape index (κ3) is 8.79. The molecule has 0 unspecified atom stereocenters. The minimum Gasteiger partial charge on any atom is -0.493 e. The molecule has 2 aliphatic rings. The number of hydrogen-bond acceptors (Lipinski definition) is 6. The van der Waals surface area contributed by atoms with Crippen LogP contribution < -0.4 is 15.4 Å². The van der Waals surface area contributed by atoms with Crippen molar-refractivity contribution in [1.82, 2.24) is 25.3 Å². The maximum absolute atomic E-state index is 13.7. The van der Waals surface area contributed by atoms with Crippen molar-refractivity contribution in [2.45, 2.75) is 50.6 Å². The lowest BCUT2D eigenvalue weighted by atomic mass is 10.0. The van der Waals surface area contributed by atoms with Crippen molar-refractivity contribution in [1.29, 1.82) is 0 Å². The van der Waals surface area contributed by atoms with Crippen LogP contribution in [0, 0.1) is 0 Å². The summed E-state index contributed by atoms with van der Waals surface area (Å²) >= 11 is 0. The molecular weight excluding hydrogens is 534 g/mol. The van der Waals surface area contributed by atoms with Crippen LogP contribution in [0.1, 0.15) is 48.0 Å². The number of fused-ring (bicyclic) bond motifs is 1. The summed E-state index contributed by atoms with van der Waals surface area (Å²) < 4.78 is 5.95. The van der Waals surface area contributed by atoms with Gasteiger partial charge in [-0.15, -0.1) is 0 Å². The number of nitrogens with zero attached hydrogens (tertiary/aromatic N) is 3. The molecule has 2 aromatic carbocycles. The molecule has 10 nitrogen and oxygen atoms in total. The van der Waals surface area contributed by atoms with Crippen molar-refractivity contribution in [3.63, 3.8) is 0 Å². The Morgan fingerprint density at radius 3 is 2.29 bits per heavy atom. The van der Waals surface area contributed by atoms with Gasteiger partial charge in [-0.2, -0.15) is 0 Å². The van der Waals surface area contributed by atoms with Gasteiger partial charge < -0.3 is 30.1 Å². The molecule has 2 N–H and O–H groups in total. The Balaban J connectivity index is 1.60. The number of carbonyl (C=O) groups is 4. The van der Waals surface area contributed by atoms with Crippen LogP contribution >= 0.6 is 0 Å². The van der Waals surface area contributed by atoms with Crippen molar-refractivity contribution in [3.05, 3.63) is 65.7 Å². The summed E-state index contributed by atoms with van der Waals surface area (Å²) in [7, 11) is 3.75. The Labute approximate surface area is 248 Å². The Morgan fingerprint density at radius 1 is 0.833 bits per heavy atom. The predicted molar refractivity (Wildman–Crippen MR) is 160 cm³/mol. The van der Waals surface area contributed by atoms with E-state index in [9.17, 15) is 19.2 Å². The quantitative estimate of drug-likeness (QED) is 0.578. The van der Waals surface area contributed by atoms with Gasteiger partial charge in [0, 0.05) is 46.2 Å². The first-order valence-corrected chi connectivity index (χ1v) is 14.9. The highest BCUT2D eigenvalue weighted by atomic mass is 16.5. The number of likely N-dealkylation sites (N-methyl/N-ethyl adjacent to an activating group) is 2. The standard InChI is InChI=1S/C32H43N5O5/c1-35-17-19-37(20-18-35)32(41)27-23-29(38)33-26(22-24-12-6-5-7-13-24)31(40)36(2)16-10-3-4-11-21-42-28-15-9-8-14-25(28)30(39)34-27/h5-9,12-15,26-27H,3-4,10-11,16-23H2,1-2H3,(H,33,38)(H,34,39)/t26-,27-/m0/s1. The number of piperazine rings is 1. The molecule has 2 aliphatic heterocycles. The van der Waals surface area contributed by atoms with Crippen LogP contribution in [0.3, 0.4) is 0 Å². The van der Waals surface area contributed by atoms with E-state index in [0.717, 1.165) is 31.2 Å². The van der Waals surface area contributed by atoms with Gasteiger partial charge in [-0.1, -0.05) is 55.3 Å². The molecule has 1 saturated heterocycles. The van der Waals surface area contributed by atoms with Gasteiger partial charge in [-0.3, -0.25) is 19.2 Å². The average Bonchev–Trinajstić information content (AvgIpc) is 2.99. The van der Waals surface area contributed by atoms with Crippen LogP contribution in [-0.2, 0) is 20.8 Å². The first-order valence-electron chi connectivity index (χ1n) is 14.9. The van der Waals surface area contributed by atoms with E-state index in [1.807, 2.05) is 37.4 Å². The molecule has 0 aliphatic carbocycles. The van der Waals surface area contributed by atoms with Gasteiger partial charge in [0.15, 0.2) is 0 Å². The maximum Gasteiger partial charge on any atom is 0.255 e. The van der Waals surface area contributed by atoms with E-state index in [4.69, 9.17) is 4.74 Å². The molecule has 2 atom stereocenters. The highest BCUT2D eigenvalue weighted by Gasteiger charge is 2.32. The van der Waals surface area contributed by atoms with Crippen molar-refractivity contribution in [2.24, 2.45) is 0 Å². The second-order valence-corrected chi connectivity index (χ2v) is 11.2. The zero-order chi connectivity index (χ0) is 29.9. The fourth-order valence-electron chi connectivity index (χ4n) is 5.31. The van der Waals surface area contributed by atoms with E-state index in [0.29, 0.717) is 57.1 Å². The van der Waals surface area contributed by atoms with Gasteiger partial charge >= 0.3 is 0 Å². The van der Waals surface area contributed by atoms with Crippen molar-refractivity contribution in [2.75, 3.05) is 53.4 Å². The van der Waals surface area contributed by atoms with Crippen LogP contribution in [0.15, 0.2) is 54.6 Å². The van der Waals surface area contributed by atoms with E-state index in [1.165, 1.54) is 0 Å². The minimum atomic E-state index is -1.10. The fourth-order valence-corrected chi connectivity index (χ4v) is 5.31. The molecule has 1 fully saturated rings. The van der Waals surface area contributed by atoms with E-state index < -0.39 is 23.9 Å². The molecule has 4 amide bonds. The average molecular weight is 578 g/mol. The first-order chi connectivity index (χ1) is 20.3. The number of nitrogens with one attached hydrogen (secondary N) is 2. The molecule has 4 rings (SSSR count). The number of amides is 4. The van der Waals surface area contributed by atoms with Crippen LogP contribution in [0.2, 0.25) is 0 Å². The lowest BCUT2D eigenvalue weighted by Crippen LogP contribution is -2.56. The van der Waals surface area contributed by atoms with Gasteiger partial charge in [0.2, 0.25) is 17.7 Å². The molecule has 226 valence electrons. The zero-order valence-corrected chi connectivity index (χ0v) is 24.7. The maximum atomic E-state index is 13.7. The zero-order valence-electron chi connectivity index (χ0n) is 24.7. The third-order valence-corrected chi connectivity index (χ3v) is 7.88. The minimum absolute atomic E-state index is 0.184. The molecule has 0 spiro atoms. The lowest BCUT2D eigenvalue weighted by Gasteiger charge is -2.35. The summed E-state index contributed by atoms with van der Waals surface area (Å²) in [6.07, 6.45) is 3.52. The monoisotopic (exact) mass is 577 g/mol. The van der Waals surface area contributed by atoms with E-state index in [-0.39, 0.29) is 18.2 Å². The van der Waals surface area contributed by atoms with Gasteiger partial charge in [-0.05, 0) is 37.6 Å². The highest BCUT2D eigenvalue weighted by molar-refractivity contribution is 6.01. The molecular formula is C32H43N5O5. The van der Waals surface area contributed by atoms with Crippen LogP contribution in [0.5, 0.6) is 5.75 Å². The third-order valence-electron chi connectivity index (χ3n) is 7.88. The van der Waals surface area contributed by atoms with Gasteiger partial charge in [-0.25, -0.2) is 0 Å². The number of para-hydroxylation sites is 1. The Kier molecular flexibility index (Phi) is 11.3. The van der Waals surface area contributed by atoms with Crippen LogP contribution in [0.4, 0.5) is 0 Å². The fraction of sp³-hybridized carbons (Fsp3) is 0.500. The van der Waals surface area contributed by atoms with Crippen LogP contribution in [-0.4, -0.2) is 104 Å². The van der Waals surface area contributed by atoms with Crippen LogP contribution in [0.25, 0.3) is 0 Å². The van der Waals surface area contributed by atoms with E-state index >= 15 is 0 Å². The van der Waals surface area contributed by atoms with Gasteiger partial charge in [0.1, 0.15) is 17.8 Å². The molecule has 0 aromatic heterocycles. The second kappa shape index (κ2) is 15.3. The summed E-state index contributed by atoms with van der Waals surface area (Å²) in [5, 5.41) is 5.71. The molecule has 0 saturated carbocycles. The second-order valence-electron chi connectivity index (χ2n) is 11.2. The smallest absolute Gasteiger partial charge is 0.255 e. The van der Waals surface area contributed by atoms with E-state index in [1.54, 1.807) is 41.1 Å². The Hall–Kier alpha value is -3.92. The Morgan fingerprint density at radius 2 is 1.52 bits per heavy atom. The van der Waals surface area contributed by atoms with Crippen molar-refractivity contribution >= 4 is 23.6 Å². The predicted octanol–water partition coefficient (Wildman–Crippen LogP) is 2.09. The van der Waals surface area contributed by atoms with E-state index in [2.05, 4.69) is 15.5 Å². The molecule has 0 bridgehead atoms. The van der Waals surface area contributed by atoms with Gasteiger partial charge in [0.05, 0.1) is 18.6 Å². The van der Waals surface area contributed by atoms with Gasteiger partial charge in [0.25, 0.3) is 5.91 Å². The summed E-state index contributed by atoms with van der Waals surface area (Å²) in [5.74, 6) is -1.02. The largest absolute Gasteiger partial charge is 0.493 e. The first kappa shape index (κ1) is 31.0. The van der Waals surface area contributed by atoms with Crippen molar-refractivity contribution in [3.8, 4) is 5.75 Å². The highest BCUT2D eigenvalue weighted by Crippen LogP contribution is 2.20. The Bertz CT molecular complexity index is 1210. The number of ether oxygens (including phenoxy) is 1. The lowest BCUT2D eigenvalue weighted by molar-refractivity contribution is -0.138. The SMILES string of the molecule is CN1CCN(C(=O)[C@@H]2CC(=O)N[C@@H](Cc3ccccc3)C(=O)N(C)CCCCCCOc3ccccc3C(=O)N2)CC1. The number of carbonyl (C=O) groups excluding carboxylic acids is 4. The number of rotatable bonds is 3. The number of hydrogen-bond donors (Lipinski definition) is 2. The summed E-state index contributed by atoms with van der Waals surface area (Å²) in [4.78, 5) is 59.7. The topological polar surface area (TPSA) is 111 Å².